The number of carbonyl (C=O) groups excluding carboxylic acids is 2. The van der Waals surface area contributed by atoms with E-state index < -0.39 is 0 Å². The number of hydrogen-bond donors (Lipinski definition) is 1. The van der Waals surface area contributed by atoms with Crippen LogP contribution < -0.4 is 29.2 Å². The van der Waals surface area contributed by atoms with Gasteiger partial charge in [0.15, 0.2) is 29.6 Å². The van der Waals surface area contributed by atoms with Crippen molar-refractivity contribution in [3.63, 3.8) is 0 Å². The maximum atomic E-state index is 12.0. The van der Waals surface area contributed by atoms with E-state index in [4.69, 9.17) is 18.9 Å². The average molecular weight is 386 g/mol. The van der Waals surface area contributed by atoms with E-state index in [9.17, 15) is 9.59 Å². The van der Waals surface area contributed by atoms with Crippen molar-refractivity contribution >= 4 is 17.5 Å². The third kappa shape index (κ3) is 4.64. The molecule has 2 aromatic rings. The van der Waals surface area contributed by atoms with E-state index in [0.717, 1.165) is 0 Å². The summed E-state index contributed by atoms with van der Waals surface area (Å²) < 4.78 is 21.3. The van der Waals surface area contributed by atoms with E-state index in [2.05, 4.69) is 5.32 Å². The highest BCUT2D eigenvalue weighted by Crippen LogP contribution is 2.35. The topological polar surface area (TPSA) is 86.3 Å². The molecule has 0 fully saturated rings. The molecule has 0 bridgehead atoms. The van der Waals surface area contributed by atoms with Gasteiger partial charge in [0.2, 0.25) is 12.7 Å². The highest BCUT2D eigenvalue weighted by atomic mass is 16.7. The Kier molecular flexibility index (Phi) is 6.21. The summed E-state index contributed by atoms with van der Waals surface area (Å²) >= 11 is 0. The molecule has 28 heavy (non-hydrogen) atoms. The van der Waals surface area contributed by atoms with Crippen molar-refractivity contribution in [1.82, 2.24) is 5.32 Å². The number of fused-ring (bicyclic) bond motifs is 1. The van der Waals surface area contributed by atoms with Gasteiger partial charge in [-0.15, -0.1) is 0 Å². The van der Waals surface area contributed by atoms with E-state index in [0.29, 0.717) is 35.2 Å². The molecule has 1 aliphatic rings. The molecule has 0 atom stereocenters. The number of nitrogens with one attached hydrogen (secondary N) is 1. The van der Waals surface area contributed by atoms with Gasteiger partial charge in [-0.25, -0.2) is 0 Å². The third-order valence-electron chi connectivity index (χ3n) is 4.13. The molecular formula is C20H22N2O6. The molecule has 2 aromatic carbocycles. The number of amides is 2. The first kappa shape index (κ1) is 19.3. The van der Waals surface area contributed by atoms with Crippen LogP contribution in [0.15, 0.2) is 42.5 Å². The normalized spacial score (nSPS) is 11.6. The van der Waals surface area contributed by atoms with Crippen LogP contribution >= 0.6 is 0 Å². The zero-order valence-electron chi connectivity index (χ0n) is 15.8. The Labute approximate surface area is 162 Å². The molecule has 8 nitrogen and oxygen atoms in total. The summed E-state index contributed by atoms with van der Waals surface area (Å²) in [6.45, 7) is 2.08. The maximum Gasteiger partial charge on any atom is 0.258 e. The van der Waals surface area contributed by atoms with E-state index in [-0.39, 0.29) is 31.8 Å². The Morgan fingerprint density at radius 1 is 1.11 bits per heavy atom. The van der Waals surface area contributed by atoms with Crippen molar-refractivity contribution in [1.29, 1.82) is 0 Å². The van der Waals surface area contributed by atoms with Gasteiger partial charge in [0.25, 0.3) is 5.91 Å². The number of anilines is 1. The molecule has 0 radical (unpaired) electrons. The van der Waals surface area contributed by atoms with Crippen molar-refractivity contribution in [2.75, 3.05) is 38.5 Å². The first-order valence-electron chi connectivity index (χ1n) is 8.78. The molecule has 1 heterocycles. The van der Waals surface area contributed by atoms with E-state index in [1.165, 1.54) is 14.0 Å². The van der Waals surface area contributed by atoms with E-state index in [1.807, 2.05) is 6.07 Å². The Morgan fingerprint density at radius 2 is 1.86 bits per heavy atom. The fourth-order valence-electron chi connectivity index (χ4n) is 2.76. The number of ether oxygens (including phenoxy) is 4. The minimum Gasteiger partial charge on any atom is -0.493 e. The number of benzene rings is 2. The first-order valence-corrected chi connectivity index (χ1v) is 8.78. The fraction of sp³-hybridized carbons (Fsp3) is 0.300. The molecule has 1 N–H and O–H groups in total. The van der Waals surface area contributed by atoms with Crippen LogP contribution in [0.2, 0.25) is 0 Å². The Morgan fingerprint density at radius 3 is 2.61 bits per heavy atom. The molecule has 1 aliphatic heterocycles. The third-order valence-corrected chi connectivity index (χ3v) is 4.13. The van der Waals surface area contributed by atoms with Gasteiger partial charge in [-0.2, -0.15) is 0 Å². The number of para-hydroxylation sites is 2. The smallest absolute Gasteiger partial charge is 0.258 e. The second-order valence-corrected chi connectivity index (χ2v) is 6.00. The van der Waals surface area contributed by atoms with Gasteiger partial charge in [-0.1, -0.05) is 12.1 Å². The summed E-state index contributed by atoms with van der Waals surface area (Å²) in [4.78, 5) is 25.6. The minimum absolute atomic E-state index is 0.140. The van der Waals surface area contributed by atoms with Gasteiger partial charge >= 0.3 is 0 Å². The standard InChI is InChI=1S/C20H22N2O6/c1-14(23)22(15-7-8-18-19(11-15)28-13-27-18)10-9-21-20(24)12-26-17-6-4-3-5-16(17)25-2/h3-8,11H,9-10,12-13H2,1-2H3,(H,21,24). The average Bonchev–Trinajstić information content (AvgIpc) is 3.17. The summed E-state index contributed by atoms with van der Waals surface area (Å²) in [6, 6.07) is 12.4. The van der Waals surface area contributed by atoms with Crippen LogP contribution in [0.3, 0.4) is 0 Å². The molecule has 0 saturated carbocycles. The molecule has 148 valence electrons. The molecule has 0 unspecified atom stereocenters. The molecule has 0 saturated heterocycles. The number of methoxy groups -OCH3 is 1. The lowest BCUT2D eigenvalue weighted by Gasteiger charge is -2.21. The SMILES string of the molecule is COc1ccccc1OCC(=O)NCCN(C(C)=O)c1ccc2c(c1)OCO2. The second kappa shape index (κ2) is 8.98. The van der Waals surface area contributed by atoms with Crippen LogP contribution in [-0.2, 0) is 9.59 Å². The summed E-state index contributed by atoms with van der Waals surface area (Å²) in [5, 5.41) is 2.74. The summed E-state index contributed by atoms with van der Waals surface area (Å²) in [6.07, 6.45) is 0. The van der Waals surface area contributed by atoms with Crippen molar-refractivity contribution in [2.24, 2.45) is 0 Å². The lowest BCUT2D eigenvalue weighted by molar-refractivity contribution is -0.123. The van der Waals surface area contributed by atoms with Crippen molar-refractivity contribution in [3.05, 3.63) is 42.5 Å². The zero-order valence-corrected chi connectivity index (χ0v) is 15.8. The number of nitrogens with zero attached hydrogens (tertiary/aromatic N) is 1. The lowest BCUT2D eigenvalue weighted by atomic mass is 10.2. The number of rotatable bonds is 8. The monoisotopic (exact) mass is 386 g/mol. The van der Waals surface area contributed by atoms with Gasteiger partial charge in [0.1, 0.15) is 0 Å². The lowest BCUT2D eigenvalue weighted by Crippen LogP contribution is -2.39. The molecule has 2 amide bonds. The van der Waals surface area contributed by atoms with E-state index >= 15 is 0 Å². The molecule has 0 aliphatic carbocycles. The van der Waals surface area contributed by atoms with Crippen LogP contribution in [0.4, 0.5) is 5.69 Å². The molecule has 0 spiro atoms. The summed E-state index contributed by atoms with van der Waals surface area (Å²) in [7, 11) is 1.54. The van der Waals surface area contributed by atoms with Crippen molar-refractivity contribution in [3.8, 4) is 23.0 Å². The van der Waals surface area contributed by atoms with Crippen LogP contribution in [-0.4, -0.2) is 45.4 Å². The highest BCUT2D eigenvalue weighted by molar-refractivity contribution is 5.92. The Balaban J connectivity index is 1.50. The second-order valence-electron chi connectivity index (χ2n) is 6.00. The summed E-state index contributed by atoms with van der Waals surface area (Å²) in [5.41, 5.74) is 0.677. The minimum atomic E-state index is -0.292. The predicted molar refractivity (Wildman–Crippen MR) is 102 cm³/mol. The van der Waals surface area contributed by atoms with Crippen LogP contribution in [0.5, 0.6) is 23.0 Å². The van der Waals surface area contributed by atoms with Gasteiger partial charge < -0.3 is 29.2 Å². The quantitative estimate of drug-likeness (QED) is 0.747. The molecule has 0 aromatic heterocycles. The zero-order chi connectivity index (χ0) is 19.9. The van der Waals surface area contributed by atoms with Crippen LogP contribution in [0.1, 0.15) is 6.92 Å². The highest BCUT2D eigenvalue weighted by Gasteiger charge is 2.18. The van der Waals surface area contributed by atoms with E-state index in [1.54, 1.807) is 41.3 Å². The summed E-state index contributed by atoms with van der Waals surface area (Å²) in [5.74, 6) is 1.86. The van der Waals surface area contributed by atoms with Crippen LogP contribution in [0, 0.1) is 0 Å². The molecular weight excluding hydrogens is 364 g/mol. The van der Waals surface area contributed by atoms with Crippen molar-refractivity contribution in [2.45, 2.75) is 6.92 Å². The molecule has 8 heteroatoms. The van der Waals surface area contributed by atoms with Gasteiger partial charge in [-0.3, -0.25) is 9.59 Å². The number of hydrogen-bond acceptors (Lipinski definition) is 6. The Bertz CT molecular complexity index is 854. The maximum absolute atomic E-state index is 12.0. The van der Waals surface area contributed by atoms with Gasteiger partial charge in [0.05, 0.1) is 7.11 Å². The van der Waals surface area contributed by atoms with Gasteiger partial charge in [-0.05, 0) is 24.3 Å². The number of carbonyl (C=O) groups is 2. The van der Waals surface area contributed by atoms with Crippen LogP contribution in [0.25, 0.3) is 0 Å². The largest absolute Gasteiger partial charge is 0.493 e. The Hall–Kier alpha value is -3.42. The molecule has 3 rings (SSSR count). The predicted octanol–water partition coefficient (Wildman–Crippen LogP) is 1.97. The first-order chi connectivity index (χ1) is 13.6. The van der Waals surface area contributed by atoms with Gasteiger partial charge in [0, 0.05) is 31.8 Å². The van der Waals surface area contributed by atoms with Crippen molar-refractivity contribution < 1.29 is 28.5 Å². The fourth-order valence-corrected chi connectivity index (χ4v) is 2.76.